The molecule has 7 heteroatoms. The topological polar surface area (TPSA) is 81.5 Å². The molecule has 17 heavy (non-hydrogen) atoms. The lowest BCUT2D eigenvalue weighted by Crippen LogP contribution is -2.22. The van der Waals surface area contributed by atoms with Crippen molar-refractivity contribution in [2.75, 3.05) is 5.32 Å². The first-order chi connectivity index (χ1) is 7.91. The molecule has 0 fully saturated rings. The highest BCUT2D eigenvalue weighted by molar-refractivity contribution is 9.10. The third-order valence-corrected chi connectivity index (χ3v) is 2.51. The molecule has 1 N–H and O–H groups in total. The van der Waals surface area contributed by atoms with Crippen molar-refractivity contribution < 1.29 is 14.5 Å². The summed E-state index contributed by atoms with van der Waals surface area (Å²) in [7, 11) is 0. The van der Waals surface area contributed by atoms with Gasteiger partial charge in [0.05, 0.1) is 9.40 Å². The molecule has 1 unspecified atom stereocenters. The summed E-state index contributed by atoms with van der Waals surface area (Å²) in [6, 6.07) is 4.77. The van der Waals surface area contributed by atoms with E-state index in [1.807, 2.05) is 0 Å². The maximum atomic E-state index is 10.9. The van der Waals surface area contributed by atoms with Crippen LogP contribution in [0.25, 0.3) is 0 Å². The molecule has 0 aromatic heterocycles. The Morgan fingerprint density at radius 3 is 2.76 bits per heavy atom. The fourth-order valence-electron chi connectivity index (χ4n) is 1.31. The van der Waals surface area contributed by atoms with E-state index in [9.17, 15) is 14.9 Å². The molecule has 1 aromatic rings. The Labute approximate surface area is 106 Å². The molecule has 0 spiro atoms. The van der Waals surface area contributed by atoms with Gasteiger partial charge in [0.25, 0.3) is 0 Å². The Balaban J connectivity index is 2.94. The van der Waals surface area contributed by atoms with Crippen LogP contribution in [0.2, 0.25) is 0 Å². The standard InChI is InChI=1S/C10H11BrN2O4/c1-6(17-7(2)14)12-9-5-3-4-8(11)10(9)13(15)16/h3-6,12H,1-2H3. The average molecular weight is 303 g/mol. The molecule has 0 radical (unpaired) electrons. The van der Waals surface area contributed by atoms with Crippen LogP contribution >= 0.6 is 15.9 Å². The number of anilines is 1. The summed E-state index contributed by atoms with van der Waals surface area (Å²) < 4.78 is 5.20. The van der Waals surface area contributed by atoms with Gasteiger partial charge in [-0.15, -0.1) is 0 Å². The number of rotatable bonds is 4. The van der Waals surface area contributed by atoms with E-state index in [-0.39, 0.29) is 11.4 Å². The number of carbonyl (C=O) groups excluding carboxylic acids is 1. The molecule has 0 aliphatic heterocycles. The van der Waals surface area contributed by atoms with Crippen LogP contribution in [-0.2, 0) is 9.53 Å². The number of carbonyl (C=O) groups is 1. The first kappa shape index (κ1) is 13.4. The van der Waals surface area contributed by atoms with Crippen molar-refractivity contribution in [3.63, 3.8) is 0 Å². The third kappa shape index (κ3) is 3.70. The van der Waals surface area contributed by atoms with E-state index in [1.165, 1.54) is 6.92 Å². The summed E-state index contributed by atoms with van der Waals surface area (Å²) in [4.78, 5) is 21.1. The second-order valence-corrected chi connectivity index (χ2v) is 4.14. The van der Waals surface area contributed by atoms with Gasteiger partial charge in [0, 0.05) is 6.92 Å². The van der Waals surface area contributed by atoms with Crippen molar-refractivity contribution in [3.05, 3.63) is 32.8 Å². The highest BCUT2D eigenvalue weighted by Gasteiger charge is 2.19. The first-order valence-corrected chi connectivity index (χ1v) is 5.57. The van der Waals surface area contributed by atoms with Gasteiger partial charge in [-0.05, 0) is 35.0 Å². The fourth-order valence-corrected chi connectivity index (χ4v) is 1.83. The molecule has 0 aliphatic rings. The molecule has 6 nitrogen and oxygen atoms in total. The normalized spacial score (nSPS) is 11.7. The van der Waals surface area contributed by atoms with Gasteiger partial charge in [-0.1, -0.05) is 6.07 Å². The Morgan fingerprint density at radius 1 is 1.59 bits per heavy atom. The Morgan fingerprint density at radius 2 is 2.24 bits per heavy atom. The number of hydrogen-bond donors (Lipinski definition) is 1. The number of hydrogen-bond acceptors (Lipinski definition) is 5. The number of esters is 1. The maximum absolute atomic E-state index is 10.9. The predicted molar refractivity (Wildman–Crippen MR) is 65.6 cm³/mol. The number of ether oxygens (including phenoxy) is 1. The van der Waals surface area contributed by atoms with E-state index in [4.69, 9.17) is 4.74 Å². The molecule has 0 heterocycles. The minimum absolute atomic E-state index is 0.0912. The summed E-state index contributed by atoms with van der Waals surface area (Å²) >= 11 is 3.10. The van der Waals surface area contributed by atoms with Crippen molar-refractivity contribution in [2.45, 2.75) is 20.1 Å². The molecular weight excluding hydrogens is 292 g/mol. The van der Waals surface area contributed by atoms with Crippen LogP contribution in [0.5, 0.6) is 0 Å². The van der Waals surface area contributed by atoms with Gasteiger partial charge in [-0.25, -0.2) is 0 Å². The molecule has 0 bridgehead atoms. The summed E-state index contributed by atoms with van der Waals surface area (Å²) in [6.07, 6.45) is -0.638. The number of nitro groups is 1. The van der Waals surface area contributed by atoms with Crippen LogP contribution in [0.3, 0.4) is 0 Å². The van der Waals surface area contributed by atoms with Crippen molar-refractivity contribution in [3.8, 4) is 0 Å². The molecule has 0 saturated carbocycles. The zero-order chi connectivity index (χ0) is 13.0. The van der Waals surface area contributed by atoms with Gasteiger partial charge in [0.2, 0.25) is 0 Å². The first-order valence-electron chi connectivity index (χ1n) is 4.78. The van der Waals surface area contributed by atoms with Gasteiger partial charge >= 0.3 is 11.7 Å². The smallest absolute Gasteiger partial charge is 0.306 e. The fraction of sp³-hybridized carbons (Fsp3) is 0.300. The SMILES string of the molecule is CC(=O)OC(C)Nc1cccc(Br)c1[N+](=O)[O-]. The molecule has 92 valence electrons. The van der Waals surface area contributed by atoms with Gasteiger partial charge < -0.3 is 10.1 Å². The van der Waals surface area contributed by atoms with Gasteiger partial charge in [0.1, 0.15) is 5.69 Å². The molecule has 0 saturated heterocycles. The van der Waals surface area contributed by atoms with Crippen LogP contribution in [0.4, 0.5) is 11.4 Å². The number of nitro benzene ring substituents is 1. The number of nitrogens with zero attached hydrogens (tertiary/aromatic N) is 1. The summed E-state index contributed by atoms with van der Waals surface area (Å²) in [5.74, 6) is -0.456. The van der Waals surface area contributed by atoms with Crippen LogP contribution in [0.1, 0.15) is 13.8 Å². The maximum Gasteiger partial charge on any atom is 0.306 e. The van der Waals surface area contributed by atoms with Crippen LogP contribution in [0, 0.1) is 10.1 Å². The van der Waals surface area contributed by atoms with E-state index >= 15 is 0 Å². The average Bonchev–Trinajstić information content (AvgIpc) is 2.15. The highest BCUT2D eigenvalue weighted by Crippen LogP contribution is 2.32. The van der Waals surface area contributed by atoms with E-state index in [0.717, 1.165) is 0 Å². The number of para-hydroxylation sites is 1. The van der Waals surface area contributed by atoms with Crippen LogP contribution in [0.15, 0.2) is 22.7 Å². The third-order valence-electron chi connectivity index (χ3n) is 1.87. The predicted octanol–water partition coefficient (Wildman–Crippen LogP) is 2.68. The number of nitrogens with one attached hydrogen (secondary N) is 1. The van der Waals surface area contributed by atoms with E-state index in [1.54, 1.807) is 25.1 Å². The zero-order valence-electron chi connectivity index (χ0n) is 9.27. The molecule has 0 aliphatic carbocycles. The van der Waals surface area contributed by atoms with Gasteiger partial charge in [0.15, 0.2) is 6.23 Å². The van der Waals surface area contributed by atoms with Gasteiger partial charge in [-0.2, -0.15) is 0 Å². The molecule has 0 amide bonds. The molecule has 1 rings (SSSR count). The Hall–Kier alpha value is -1.63. The van der Waals surface area contributed by atoms with E-state index in [0.29, 0.717) is 4.47 Å². The minimum Gasteiger partial charge on any atom is -0.442 e. The van der Waals surface area contributed by atoms with Crippen molar-refractivity contribution >= 4 is 33.3 Å². The quantitative estimate of drug-likeness (QED) is 0.400. The lowest BCUT2D eigenvalue weighted by molar-refractivity contribution is -0.384. The second kappa shape index (κ2) is 5.62. The summed E-state index contributed by atoms with van der Waals surface area (Å²) in [5.41, 5.74) is 0.199. The van der Waals surface area contributed by atoms with E-state index in [2.05, 4.69) is 21.2 Å². The van der Waals surface area contributed by atoms with Crippen molar-refractivity contribution in [2.24, 2.45) is 0 Å². The summed E-state index contributed by atoms with van der Waals surface area (Å²) in [5, 5.41) is 13.6. The van der Waals surface area contributed by atoms with Gasteiger partial charge in [-0.3, -0.25) is 14.9 Å². The lowest BCUT2D eigenvalue weighted by Gasteiger charge is -2.15. The molecule has 1 aromatic carbocycles. The zero-order valence-corrected chi connectivity index (χ0v) is 10.9. The van der Waals surface area contributed by atoms with Crippen LogP contribution in [-0.4, -0.2) is 17.1 Å². The van der Waals surface area contributed by atoms with Crippen molar-refractivity contribution in [1.82, 2.24) is 0 Å². The Bertz CT molecular complexity index is 450. The Kier molecular flexibility index (Phi) is 4.45. The second-order valence-electron chi connectivity index (χ2n) is 3.29. The lowest BCUT2D eigenvalue weighted by atomic mass is 10.2. The number of benzene rings is 1. The number of halogens is 1. The molecular formula is C10H11BrN2O4. The van der Waals surface area contributed by atoms with Crippen LogP contribution < -0.4 is 5.32 Å². The van der Waals surface area contributed by atoms with Crippen molar-refractivity contribution in [1.29, 1.82) is 0 Å². The summed E-state index contributed by atoms with van der Waals surface area (Å²) in [6.45, 7) is 2.86. The monoisotopic (exact) mass is 302 g/mol. The van der Waals surface area contributed by atoms with E-state index < -0.39 is 17.1 Å². The molecule has 1 atom stereocenters. The highest BCUT2D eigenvalue weighted by atomic mass is 79.9. The minimum atomic E-state index is -0.638. The largest absolute Gasteiger partial charge is 0.442 e.